The molecule has 1 heterocycles. The normalized spacial score (nSPS) is 11.3. The van der Waals surface area contributed by atoms with E-state index in [4.69, 9.17) is 4.98 Å². The van der Waals surface area contributed by atoms with Gasteiger partial charge in [-0.2, -0.15) is 0 Å². The minimum absolute atomic E-state index is 0.699. The van der Waals surface area contributed by atoms with Crippen LogP contribution < -0.4 is 10.2 Å². The van der Waals surface area contributed by atoms with Gasteiger partial charge in [0.15, 0.2) is 5.13 Å². The molecule has 19 heavy (non-hydrogen) atoms. The number of unbranched alkanes of at least 4 members (excludes halogenated alkanes) is 2. The van der Waals surface area contributed by atoms with Crippen LogP contribution in [0.1, 0.15) is 50.6 Å². The minimum atomic E-state index is 0.699. The van der Waals surface area contributed by atoms with Crippen molar-refractivity contribution in [3.63, 3.8) is 0 Å². The van der Waals surface area contributed by atoms with Crippen molar-refractivity contribution in [2.45, 2.75) is 53.5 Å². The molecule has 0 radical (unpaired) electrons. The monoisotopic (exact) mass is 283 g/mol. The first-order valence-corrected chi connectivity index (χ1v) is 8.24. The molecule has 3 nitrogen and oxygen atoms in total. The highest BCUT2D eigenvalue weighted by atomic mass is 32.1. The summed E-state index contributed by atoms with van der Waals surface area (Å²) >= 11 is 1.83. The molecule has 0 aromatic carbocycles. The molecule has 1 aromatic rings. The molecule has 0 unspecified atom stereocenters. The second-order valence-electron chi connectivity index (χ2n) is 5.66. The molecule has 1 N–H and O–H groups in total. The SMILES string of the molecule is CCCCCN(C)c1nc(C)c(CNCC(C)C)s1. The summed E-state index contributed by atoms with van der Waals surface area (Å²) in [4.78, 5) is 8.36. The summed E-state index contributed by atoms with van der Waals surface area (Å²) in [5.41, 5.74) is 1.18. The molecule has 110 valence electrons. The molecule has 1 rings (SSSR count). The van der Waals surface area contributed by atoms with Gasteiger partial charge in [0.1, 0.15) is 0 Å². The minimum Gasteiger partial charge on any atom is -0.351 e. The van der Waals surface area contributed by atoms with Gasteiger partial charge < -0.3 is 10.2 Å². The van der Waals surface area contributed by atoms with Crippen LogP contribution in [0.2, 0.25) is 0 Å². The van der Waals surface area contributed by atoms with Crippen molar-refractivity contribution in [3.05, 3.63) is 10.6 Å². The van der Waals surface area contributed by atoms with E-state index in [0.29, 0.717) is 5.92 Å². The van der Waals surface area contributed by atoms with Crippen LogP contribution in [-0.2, 0) is 6.54 Å². The molecule has 0 atom stereocenters. The molecule has 0 aliphatic rings. The number of rotatable bonds is 9. The molecular weight excluding hydrogens is 254 g/mol. The van der Waals surface area contributed by atoms with Gasteiger partial charge in [0.25, 0.3) is 0 Å². The Bertz CT molecular complexity index is 360. The Kier molecular flexibility index (Phi) is 7.39. The average molecular weight is 283 g/mol. The van der Waals surface area contributed by atoms with Crippen LogP contribution in [0.5, 0.6) is 0 Å². The Morgan fingerprint density at radius 2 is 2.05 bits per heavy atom. The molecule has 0 saturated carbocycles. The average Bonchev–Trinajstić information content (AvgIpc) is 2.71. The summed E-state index contributed by atoms with van der Waals surface area (Å²) in [5, 5.41) is 4.66. The molecule has 0 aliphatic carbocycles. The van der Waals surface area contributed by atoms with E-state index in [1.807, 2.05) is 11.3 Å². The summed E-state index contributed by atoms with van der Waals surface area (Å²) in [6, 6.07) is 0. The van der Waals surface area contributed by atoms with E-state index in [9.17, 15) is 0 Å². The third kappa shape index (κ3) is 5.91. The maximum Gasteiger partial charge on any atom is 0.185 e. The maximum absolute atomic E-state index is 4.69. The van der Waals surface area contributed by atoms with Crippen molar-refractivity contribution in [2.75, 3.05) is 25.0 Å². The van der Waals surface area contributed by atoms with E-state index in [1.54, 1.807) is 0 Å². The van der Waals surface area contributed by atoms with Crippen molar-refractivity contribution in [1.82, 2.24) is 10.3 Å². The van der Waals surface area contributed by atoms with Crippen LogP contribution in [-0.4, -0.2) is 25.1 Å². The first-order valence-electron chi connectivity index (χ1n) is 7.42. The highest BCUT2D eigenvalue weighted by Crippen LogP contribution is 2.25. The van der Waals surface area contributed by atoms with E-state index in [2.05, 4.69) is 45.0 Å². The van der Waals surface area contributed by atoms with Gasteiger partial charge in [0.2, 0.25) is 0 Å². The lowest BCUT2D eigenvalue weighted by Gasteiger charge is -2.14. The number of hydrogen-bond acceptors (Lipinski definition) is 4. The highest BCUT2D eigenvalue weighted by Gasteiger charge is 2.10. The third-order valence-corrected chi connectivity index (χ3v) is 4.41. The van der Waals surface area contributed by atoms with E-state index in [1.165, 1.54) is 29.8 Å². The van der Waals surface area contributed by atoms with Crippen LogP contribution in [0.4, 0.5) is 5.13 Å². The number of anilines is 1. The van der Waals surface area contributed by atoms with Crippen molar-refractivity contribution in [3.8, 4) is 0 Å². The topological polar surface area (TPSA) is 28.2 Å². The first-order chi connectivity index (χ1) is 9.04. The van der Waals surface area contributed by atoms with Gasteiger partial charge in [0, 0.05) is 25.0 Å². The number of thiazole rings is 1. The van der Waals surface area contributed by atoms with Crippen molar-refractivity contribution >= 4 is 16.5 Å². The molecule has 0 spiro atoms. The molecule has 0 aliphatic heterocycles. The van der Waals surface area contributed by atoms with Crippen LogP contribution in [0.25, 0.3) is 0 Å². The zero-order chi connectivity index (χ0) is 14.3. The van der Waals surface area contributed by atoms with Crippen molar-refractivity contribution < 1.29 is 0 Å². The Morgan fingerprint density at radius 3 is 2.68 bits per heavy atom. The quantitative estimate of drug-likeness (QED) is 0.698. The van der Waals surface area contributed by atoms with Gasteiger partial charge in [-0.25, -0.2) is 4.98 Å². The summed E-state index contributed by atoms with van der Waals surface area (Å²) < 4.78 is 0. The van der Waals surface area contributed by atoms with Gasteiger partial charge >= 0.3 is 0 Å². The second kappa shape index (κ2) is 8.54. The summed E-state index contributed by atoms with van der Waals surface area (Å²) in [6.07, 6.45) is 3.83. The van der Waals surface area contributed by atoms with Gasteiger partial charge in [-0.05, 0) is 25.8 Å². The number of aromatic nitrogens is 1. The van der Waals surface area contributed by atoms with Gasteiger partial charge in [-0.3, -0.25) is 0 Å². The Hall–Kier alpha value is -0.610. The van der Waals surface area contributed by atoms with Gasteiger partial charge in [0.05, 0.1) is 5.69 Å². The fraction of sp³-hybridized carbons (Fsp3) is 0.800. The third-order valence-electron chi connectivity index (χ3n) is 3.14. The van der Waals surface area contributed by atoms with E-state index < -0.39 is 0 Å². The van der Waals surface area contributed by atoms with Crippen molar-refractivity contribution in [1.29, 1.82) is 0 Å². The molecule has 0 saturated heterocycles. The fourth-order valence-corrected chi connectivity index (χ4v) is 2.93. The Balaban J connectivity index is 2.47. The number of nitrogens with zero attached hydrogens (tertiary/aromatic N) is 2. The number of nitrogens with one attached hydrogen (secondary N) is 1. The summed E-state index contributed by atoms with van der Waals surface area (Å²) in [5.74, 6) is 0.699. The highest BCUT2D eigenvalue weighted by molar-refractivity contribution is 7.15. The van der Waals surface area contributed by atoms with Crippen LogP contribution >= 0.6 is 11.3 Å². The second-order valence-corrected chi connectivity index (χ2v) is 6.72. The number of hydrogen-bond donors (Lipinski definition) is 1. The largest absolute Gasteiger partial charge is 0.351 e. The lowest BCUT2D eigenvalue weighted by atomic mass is 10.2. The van der Waals surface area contributed by atoms with E-state index in [-0.39, 0.29) is 0 Å². The lowest BCUT2D eigenvalue weighted by Crippen LogP contribution is -2.18. The van der Waals surface area contributed by atoms with E-state index in [0.717, 1.165) is 24.8 Å². The first kappa shape index (κ1) is 16.4. The predicted molar refractivity (Wildman–Crippen MR) is 86.2 cm³/mol. The molecular formula is C15H29N3S. The molecule has 0 amide bonds. The summed E-state index contributed by atoms with van der Waals surface area (Å²) in [6.45, 7) is 12.0. The maximum atomic E-state index is 4.69. The Morgan fingerprint density at radius 1 is 1.32 bits per heavy atom. The predicted octanol–water partition coefficient (Wildman–Crippen LogP) is 3.82. The smallest absolute Gasteiger partial charge is 0.185 e. The van der Waals surface area contributed by atoms with E-state index >= 15 is 0 Å². The van der Waals surface area contributed by atoms with Crippen molar-refractivity contribution in [2.24, 2.45) is 5.92 Å². The molecule has 0 fully saturated rings. The van der Waals surface area contributed by atoms with Crippen LogP contribution in [0.15, 0.2) is 0 Å². The summed E-state index contributed by atoms with van der Waals surface area (Å²) in [7, 11) is 2.15. The zero-order valence-electron chi connectivity index (χ0n) is 13.1. The number of aryl methyl sites for hydroxylation is 1. The molecule has 0 bridgehead atoms. The van der Waals surface area contributed by atoms with Crippen LogP contribution in [0, 0.1) is 12.8 Å². The van der Waals surface area contributed by atoms with Gasteiger partial charge in [-0.15, -0.1) is 11.3 Å². The lowest BCUT2D eigenvalue weighted by molar-refractivity contribution is 0.554. The Labute approximate surface area is 122 Å². The van der Waals surface area contributed by atoms with Gasteiger partial charge in [-0.1, -0.05) is 33.6 Å². The van der Waals surface area contributed by atoms with Crippen LogP contribution in [0.3, 0.4) is 0 Å². The fourth-order valence-electron chi connectivity index (χ4n) is 1.91. The molecule has 4 heteroatoms. The standard InChI is InChI=1S/C15H29N3S/c1-6-7-8-9-18(5)15-17-13(4)14(19-15)11-16-10-12(2)3/h12,16H,6-11H2,1-5H3. The molecule has 1 aromatic heterocycles. The zero-order valence-corrected chi connectivity index (χ0v) is 13.9.